The van der Waals surface area contributed by atoms with Gasteiger partial charge in [-0.2, -0.15) is 0 Å². The van der Waals surface area contributed by atoms with Gasteiger partial charge in [0.15, 0.2) is 0 Å². The van der Waals surface area contributed by atoms with E-state index < -0.39 is 5.97 Å². The van der Waals surface area contributed by atoms with E-state index in [9.17, 15) is 4.79 Å². The van der Waals surface area contributed by atoms with Crippen LogP contribution in [0.4, 0.5) is 0 Å². The molecule has 0 bridgehead atoms. The fraction of sp³-hybridized carbons (Fsp3) is 0.138. The standard InChI is InChI=1S/C29H26N2O6/c1-20-16-27(31-37-20)26-17-25(14-10-22(26)11-15-29(32)33)35-18-21-8-12-24(13-9-21)36-19-28(30-34-2)23-6-4-3-5-7-23/h3-17H,18-19H2,1-2H3,(H,32,33)/b15-11+,30-28+. The van der Waals surface area contributed by atoms with Gasteiger partial charge in [-0.15, -0.1) is 0 Å². The Bertz CT molecular complexity index is 1390. The summed E-state index contributed by atoms with van der Waals surface area (Å²) in [7, 11) is 1.51. The van der Waals surface area contributed by atoms with Crippen molar-refractivity contribution in [2.24, 2.45) is 5.16 Å². The second-order valence-corrected chi connectivity index (χ2v) is 8.05. The Morgan fingerprint density at radius 3 is 2.43 bits per heavy atom. The Morgan fingerprint density at radius 2 is 1.76 bits per heavy atom. The second kappa shape index (κ2) is 12.2. The number of rotatable bonds is 11. The molecular weight excluding hydrogens is 472 g/mol. The van der Waals surface area contributed by atoms with E-state index in [-0.39, 0.29) is 6.61 Å². The molecule has 0 saturated carbocycles. The molecule has 0 aliphatic heterocycles. The van der Waals surface area contributed by atoms with Gasteiger partial charge in [-0.3, -0.25) is 0 Å². The summed E-state index contributed by atoms with van der Waals surface area (Å²) in [5.41, 5.74) is 4.57. The molecule has 8 nitrogen and oxygen atoms in total. The number of aromatic nitrogens is 1. The van der Waals surface area contributed by atoms with Crippen LogP contribution in [0.1, 0.15) is 22.5 Å². The number of hydrogen-bond donors (Lipinski definition) is 1. The van der Waals surface area contributed by atoms with Crippen molar-refractivity contribution >= 4 is 17.8 Å². The van der Waals surface area contributed by atoms with E-state index in [2.05, 4.69) is 10.3 Å². The van der Waals surface area contributed by atoms with Crippen LogP contribution in [0.3, 0.4) is 0 Å². The highest BCUT2D eigenvalue weighted by molar-refractivity contribution is 6.01. The smallest absolute Gasteiger partial charge is 0.328 e. The van der Waals surface area contributed by atoms with Crippen molar-refractivity contribution in [1.29, 1.82) is 0 Å². The number of ether oxygens (including phenoxy) is 2. The Hall–Kier alpha value is -4.85. The lowest BCUT2D eigenvalue weighted by Crippen LogP contribution is -2.13. The highest BCUT2D eigenvalue weighted by Gasteiger charge is 2.11. The third kappa shape index (κ3) is 7.08. The highest BCUT2D eigenvalue weighted by atomic mass is 16.6. The van der Waals surface area contributed by atoms with E-state index in [0.29, 0.717) is 46.4 Å². The van der Waals surface area contributed by atoms with Crippen molar-refractivity contribution in [2.75, 3.05) is 13.7 Å². The van der Waals surface area contributed by atoms with Crippen molar-refractivity contribution in [1.82, 2.24) is 5.16 Å². The predicted molar refractivity (Wildman–Crippen MR) is 140 cm³/mol. The second-order valence-electron chi connectivity index (χ2n) is 8.05. The first-order chi connectivity index (χ1) is 18.0. The number of nitrogens with zero attached hydrogens (tertiary/aromatic N) is 2. The fourth-order valence-corrected chi connectivity index (χ4v) is 3.55. The zero-order valence-electron chi connectivity index (χ0n) is 20.5. The number of benzene rings is 3. The Kier molecular flexibility index (Phi) is 8.33. The summed E-state index contributed by atoms with van der Waals surface area (Å²) in [4.78, 5) is 15.9. The molecule has 0 unspecified atom stereocenters. The first-order valence-corrected chi connectivity index (χ1v) is 11.5. The number of carboxylic acids is 1. The SMILES string of the molecule is CO/N=C(\COc1ccc(COc2ccc(/C=C/C(=O)O)c(-c3cc(C)on3)c2)cc1)c1ccccc1. The largest absolute Gasteiger partial charge is 0.489 e. The molecule has 4 aromatic rings. The average molecular weight is 499 g/mol. The zero-order valence-corrected chi connectivity index (χ0v) is 20.5. The molecule has 37 heavy (non-hydrogen) atoms. The van der Waals surface area contributed by atoms with Gasteiger partial charge >= 0.3 is 5.97 Å². The molecule has 3 aromatic carbocycles. The van der Waals surface area contributed by atoms with Gasteiger partial charge in [0.25, 0.3) is 0 Å². The summed E-state index contributed by atoms with van der Waals surface area (Å²) in [6, 6.07) is 24.5. The molecule has 8 heteroatoms. The Labute approximate surface area is 214 Å². The first kappa shape index (κ1) is 25.2. The van der Waals surface area contributed by atoms with Gasteiger partial charge in [0.05, 0.1) is 0 Å². The van der Waals surface area contributed by atoms with Gasteiger partial charge in [0.2, 0.25) is 0 Å². The summed E-state index contributed by atoms with van der Waals surface area (Å²) < 4.78 is 17.1. The quantitative estimate of drug-likeness (QED) is 0.159. The van der Waals surface area contributed by atoms with Crippen LogP contribution in [0.2, 0.25) is 0 Å². The molecule has 0 aliphatic carbocycles. The Balaban J connectivity index is 1.41. The molecule has 188 valence electrons. The van der Waals surface area contributed by atoms with Gasteiger partial charge in [0.1, 0.15) is 49.0 Å². The van der Waals surface area contributed by atoms with E-state index in [1.54, 1.807) is 25.1 Å². The molecule has 0 radical (unpaired) electrons. The molecule has 1 aromatic heterocycles. The van der Waals surface area contributed by atoms with Gasteiger partial charge in [-0.1, -0.05) is 58.8 Å². The molecule has 0 fully saturated rings. The van der Waals surface area contributed by atoms with Crippen LogP contribution in [0.15, 0.2) is 94.6 Å². The third-order valence-corrected chi connectivity index (χ3v) is 5.35. The maximum Gasteiger partial charge on any atom is 0.328 e. The van der Waals surface area contributed by atoms with Gasteiger partial charge in [0, 0.05) is 23.3 Å². The van der Waals surface area contributed by atoms with Crippen LogP contribution in [0.25, 0.3) is 17.3 Å². The van der Waals surface area contributed by atoms with E-state index in [1.165, 1.54) is 13.2 Å². The number of aliphatic carboxylic acids is 1. The lowest BCUT2D eigenvalue weighted by molar-refractivity contribution is -0.131. The minimum Gasteiger partial charge on any atom is -0.489 e. The lowest BCUT2D eigenvalue weighted by atomic mass is 10.0. The molecular formula is C29H26N2O6. The van der Waals surface area contributed by atoms with Crippen molar-refractivity contribution < 1.29 is 28.7 Å². The van der Waals surface area contributed by atoms with E-state index >= 15 is 0 Å². The highest BCUT2D eigenvalue weighted by Crippen LogP contribution is 2.29. The molecule has 0 amide bonds. The molecule has 0 spiro atoms. The van der Waals surface area contributed by atoms with Crippen LogP contribution in [-0.2, 0) is 16.2 Å². The Morgan fingerprint density at radius 1 is 1.00 bits per heavy atom. The van der Waals surface area contributed by atoms with Crippen LogP contribution in [0.5, 0.6) is 11.5 Å². The summed E-state index contributed by atoms with van der Waals surface area (Å²) in [6.07, 6.45) is 2.60. The zero-order chi connectivity index (χ0) is 26.0. The summed E-state index contributed by atoms with van der Waals surface area (Å²) in [5, 5.41) is 17.1. The summed E-state index contributed by atoms with van der Waals surface area (Å²) in [6.45, 7) is 2.40. The molecule has 0 saturated heterocycles. The minimum absolute atomic E-state index is 0.265. The topological polar surface area (TPSA) is 103 Å². The molecule has 4 rings (SSSR count). The van der Waals surface area contributed by atoms with E-state index in [1.807, 2.05) is 60.7 Å². The van der Waals surface area contributed by atoms with Crippen LogP contribution in [0, 0.1) is 6.92 Å². The molecule has 1 N–H and O–H groups in total. The van der Waals surface area contributed by atoms with Crippen molar-refractivity contribution in [3.8, 4) is 22.8 Å². The number of oxime groups is 1. The van der Waals surface area contributed by atoms with E-state index in [4.69, 9.17) is 23.9 Å². The van der Waals surface area contributed by atoms with Crippen molar-refractivity contribution in [2.45, 2.75) is 13.5 Å². The van der Waals surface area contributed by atoms with Gasteiger partial charge < -0.3 is 23.9 Å². The van der Waals surface area contributed by atoms with Crippen LogP contribution in [-0.4, -0.2) is 35.7 Å². The number of carboxylic acid groups (broad SMARTS) is 1. The number of carbonyl (C=O) groups is 1. The summed E-state index contributed by atoms with van der Waals surface area (Å²) >= 11 is 0. The van der Waals surface area contributed by atoms with Crippen LogP contribution >= 0.6 is 0 Å². The van der Waals surface area contributed by atoms with Crippen LogP contribution < -0.4 is 9.47 Å². The third-order valence-electron chi connectivity index (χ3n) is 5.35. The predicted octanol–water partition coefficient (Wildman–Crippen LogP) is 5.76. The van der Waals surface area contributed by atoms with Gasteiger partial charge in [-0.25, -0.2) is 4.79 Å². The monoisotopic (exact) mass is 498 g/mol. The van der Waals surface area contributed by atoms with Crippen molar-refractivity contribution in [3.05, 3.63) is 107 Å². The number of hydrogen-bond acceptors (Lipinski definition) is 7. The molecule has 1 heterocycles. The maximum atomic E-state index is 11.0. The molecule has 0 aliphatic rings. The fourth-order valence-electron chi connectivity index (χ4n) is 3.55. The van der Waals surface area contributed by atoms with Gasteiger partial charge in [-0.05, 0) is 48.4 Å². The lowest BCUT2D eigenvalue weighted by Gasteiger charge is -2.11. The minimum atomic E-state index is -1.03. The normalized spacial score (nSPS) is 11.5. The molecule has 0 atom stereocenters. The maximum absolute atomic E-state index is 11.0. The average Bonchev–Trinajstić information content (AvgIpc) is 3.36. The first-order valence-electron chi connectivity index (χ1n) is 11.5. The van der Waals surface area contributed by atoms with E-state index in [0.717, 1.165) is 17.2 Å². The summed E-state index contributed by atoms with van der Waals surface area (Å²) in [5.74, 6) is 0.937. The van der Waals surface area contributed by atoms with Crippen molar-refractivity contribution in [3.63, 3.8) is 0 Å². The number of aryl methyl sites for hydroxylation is 1.